The van der Waals surface area contributed by atoms with Crippen LogP contribution in [0.4, 0.5) is 0 Å². The second kappa shape index (κ2) is 2.43. The zero-order valence-electron chi connectivity index (χ0n) is 8.80. The summed E-state index contributed by atoms with van der Waals surface area (Å²) >= 11 is 0. The van der Waals surface area contributed by atoms with Crippen molar-refractivity contribution in [1.82, 2.24) is 0 Å². The fourth-order valence-electron chi connectivity index (χ4n) is 4.26. The summed E-state index contributed by atoms with van der Waals surface area (Å²) in [6, 6.07) is 0. The maximum Gasteiger partial charge on any atom is 0.0908 e. The molecule has 4 atom stereocenters. The van der Waals surface area contributed by atoms with Gasteiger partial charge in [0.15, 0.2) is 0 Å². The molecule has 2 rings (SSSR count). The van der Waals surface area contributed by atoms with Crippen LogP contribution in [0.3, 0.4) is 0 Å². The zero-order valence-corrected chi connectivity index (χ0v) is 8.80. The van der Waals surface area contributed by atoms with E-state index in [1.54, 1.807) is 0 Å². The average Bonchev–Trinajstić information content (AvgIpc) is 2.61. The Morgan fingerprint density at radius 1 is 1.25 bits per heavy atom. The fraction of sp³-hybridized carbons (Fsp3) is 0.917. The Balaban J connectivity index is 2.05. The molecular weight excluding hydrogens is 144 g/mol. The molecule has 0 N–H and O–H groups in total. The summed E-state index contributed by atoms with van der Waals surface area (Å²) in [6.07, 6.45) is 5.19. The lowest BCUT2D eigenvalue weighted by molar-refractivity contribution is 0.0452. The summed E-state index contributed by atoms with van der Waals surface area (Å²) in [4.78, 5) is 0. The summed E-state index contributed by atoms with van der Waals surface area (Å²) in [5.74, 6) is 4.05. The van der Waals surface area contributed by atoms with Crippen LogP contribution in [0.25, 0.3) is 0 Å². The highest BCUT2D eigenvalue weighted by Gasteiger charge is 2.72. The van der Waals surface area contributed by atoms with Crippen molar-refractivity contribution in [2.45, 2.75) is 40.5 Å². The minimum atomic E-state index is 0.784. The minimum absolute atomic E-state index is 0.784. The average molecular weight is 165 g/mol. The molecule has 0 aliphatic heterocycles. The zero-order chi connectivity index (χ0) is 8.93. The molecule has 2 aliphatic rings. The van der Waals surface area contributed by atoms with Gasteiger partial charge in [0.05, 0.1) is 19.8 Å². The quantitative estimate of drug-likeness (QED) is 0.549. The second-order valence-corrected chi connectivity index (χ2v) is 5.08. The van der Waals surface area contributed by atoms with Gasteiger partial charge >= 0.3 is 0 Å². The van der Waals surface area contributed by atoms with Crippen LogP contribution in [-0.2, 0) is 0 Å². The maximum absolute atomic E-state index is 2.46. The SMILES string of the molecule is C[CH+]CC1C(C)C12C(C)CC2C. The lowest BCUT2D eigenvalue weighted by atomic mass is 9.61. The molecule has 0 aromatic heterocycles. The van der Waals surface area contributed by atoms with Crippen LogP contribution < -0.4 is 0 Å². The smallest absolute Gasteiger partial charge is 0.0619 e. The molecule has 2 saturated carbocycles. The lowest BCUT2D eigenvalue weighted by Crippen LogP contribution is -2.37. The van der Waals surface area contributed by atoms with E-state index in [0.29, 0.717) is 0 Å². The number of rotatable bonds is 2. The summed E-state index contributed by atoms with van der Waals surface area (Å²) in [7, 11) is 0. The van der Waals surface area contributed by atoms with Crippen molar-refractivity contribution in [3.05, 3.63) is 6.42 Å². The Bertz CT molecular complexity index is 174. The minimum Gasteiger partial charge on any atom is -0.0619 e. The molecule has 68 valence electrons. The van der Waals surface area contributed by atoms with Gasteiger partial charge in [-0.1, -0.05) is 20.8 Å². The van der Waals surface area contributed by atoms with E-state index in [1.807, 2.05) is 0 Å². The van der Waals surface area contributed by atoms with E-state index in [9.17, 15) is 0 Å². The molecule has 0 aromatic rings. The molecule has 1 spiro atoms. The summed E-state index contributed by atoms with van der Waals surface area (Å²) < 4.78 is 0. The Morgan fingerprint density at radius 3 is 2.17 bits per heavy atom. The third-order valence-electron chi connectivity index (χ3n) is 4.83. The molecule has 0 radical (unpaired) electrons. The van der Waals surface area contributed by atoms with E-state index in [4.69, 9.17) is 0 Å². The number of hydrogen-bond donors (Lipinski definition) is 0. The van der Waals surface area contributed by atoms with Crippen LogP contribution in [-0.4, -0.2) is 0 Å². The van der Waals surface area contributed by atoms with Crippen LogP contribution in [0.5, 0.6) is 0 Å². The van der Waals surface area contributed by atoms with Crippen molar-refractivity contribution in [2.75, 3.05) is 0 Å². The van der Waals surface area contributed by atoms with Gasteiger partial charge in [0.2, 0.25) is 0 Å². The third kappa shape index (κ3) is 0.719. The van der Waals surface area contributed by atoms with Crippen LogP contribution >= 0.6 is 0 Å². The molecule has 0 heteroatoms. The molecule has 0 amide bonds. The predicted octanol–water partition coefficient (Wildman–Crippen LogP) is 3.53. The Kier molecular flexibility index (Phi) is 1.72. The van der Waals surface area contributed by atoms with E-state index in [1.165, 1.54) is 12.8 Å². The van der Waals surface area contributed by atoms with Gasteiger partial charge in [0.25, 0.3) is 0 Å². The molecule has 4 unspecified atom stereocenters. The van der Waals surface area contributed by atoms with E-state index < -0.39 is 0 Å². The van der Waals surface area contributed by atoms with Gasteiger partial charge in [-0.25, -0.2) is 0 Å². The standard InChI is InChI=1S/C12H21/c1-5-6-11-10(4)12(11)8(2)7-9(12)3/h5,8-11H,6-7H2,1-4H3/q+1. The second-order valence-electron chi connectivity index (χ2n) is 5.08. The van der Waals surface area contributed by atoms with Crippen LogP contribution in [0.1, 0.15) is 40.5 Å². The van der Waals surface area contributed by atoms with E-state index in [2.05, 4.69) is 34.1 Å². The van der Waals surface area contributed by atoms with Crippen LogP contribution in [0.15, 0.2) is 0 Å². The highest BCUT2D eigenvalue weighted by atomic mass is 14.7. The Morgan fingerprint density at radius 2 is 1.83 bits per heavy atom. The molecule has 0 bridgehead atoms. The maximum atomic E-state index is 2.46. The molecule has 12 heavy (non-hydrogen) atoms. The van der Waals surface area contributed by atoms with Gasteiger partial charge in [-0.3, -0.25) is 0 Å². The Labute approximate surface area is 76.7 Å². The molecular formula is C12H21+. The molecule has 0 saturated heterocycles. The largest absolute Gasteiger partial charge is 0.0908 e. The van der Waals surface area contributed by atoms with E-state index >= 15 is 0 Å². The monoisotopic (exact) mass is 165 g/mol. The predicted molar refractivity (Wildman–Crippen MR) is 52.6 cm³/mol. The first-order chi connectivity index (χ1) is 5.65. The van der Waals surface area contributed by atoms with Gasteiger partial charge in [0.1, 0.15) is 0 Å². The first kappa shape index (κ1) is 8.47. The van der Waals surface area contributed by atoms with Crippen molar-refractivity contribution >= 4 is 0 Å². The van der Waals surface area contributed by atoms with Crippen molar-refractivity contribution in [2.24, 2.45) is 29.1 Å². The van der Waals surface area contributed by atoms with Gasteiger partial charge < -0.3 is 0 Å². The van der Waals surface area contributed by atoms with Crippen molar-refractivity contribution in [1.29, 1.82) is 0 Å². The van der Waals surface area contributed by atoms with Crippen LogP contribution in [0, 0.1) is 35.5 Å². The van der Waals surface area contributed by atoms with Gasteiger partial charge in [-0.15, -0.1) is 0 Å². The Hall–Kier alpha value is -0.130. The topological polar surface area (TPSA) is 0 Å². The molecule has 0 nitrogen and oxygen atoms in total. The number of hydrogen-bond acceptors (Lipinski definition) is 0. The summed E-state index contributed by atoms with van der Waals surface area (Å²) in [6.45, 7) is 9.56. The highest BCUT2D eigenvalue weighted by Crippen LogP contribution is 2.76. The van der Waals surface area contributed by atoms with Gasteiger partial charge in [0, 0.05) is 5.92 Å². The van der Waals surface area contributed by atoms with Crippen molar-refractivity contribution < 1.29 is 0 Å². The summed E-state index contributed by atoms with van der Waals surface area (Å²) in [5, 5.41) is 0. The molecule has 2 fully saturated rings. The van der Waals surface area contributed by atoms with Crippen molar-refractivity contribution in [3.63, 3.8) is 0 Å². The van der Waals surface area contributed by atoms with Gasteiger partial charge in [-0.2, -0.15) is 0 Å². The van der Waals surface area contributed by atoms with Crippen molar-refractivity contribution in [3.8, 4) is 0 Å². The fourth-order valence-corrected chi connectivity index (χ4v) is 4.26. The normalized spacial score (nSPS) is 56.7. The van der Waals surface area contributed by atoms with E-state index in [0.717, 1.165) is 29.1 Å². The van der Waals surface area contributed by atoms with Crippen LogP contribution in [0.2, 0.25) is 0 Å². The first-order valence-electron chi connectivity index (χ1n) is 5.43. The van der Waals surface area contributed by atoms with Gasteiger partial charge in [-0.05, 0) is 29.6 Å². The van der Waals surface area contributed by atoms with E-state index in [-0.39, 0.29) is 0 Å². The molecule has 2 aliphatic carbocycles. The third-order valence-corrected chi connectivity index (χ3v) is 4.83. The summed E-state index contributed by atoms with van der Waals surface area (Å²) in [5.41, 5.74) is 0.784. The first-order valence-corrected chi connectivity index (χ1v) is 5.43. The highest BCUT2D eigenvalue weighted by molar-refractivity contribution is 5.19. The molecule has 0 aromatic carbocycles. The molecule has 0 heterocycles. The lowest BCUT2D eigenvalue weighted by Gasteiger charge is -2.44.